The van der Waals surface area contributed by atoms with Crippen LogP contribution in [-0.4, -0.2) is 26.8 Å². The van der Waals surface area contributed by atoms with Gasteiger partial charge >= 0.3 is 0 Å². The summed E-state index contributed by atoms with van der Waals surface area (Å²) in [6.45, 7) is 9.63. The highest BCUT2D eigenvalue weighted by molar-refractivity contribution is 5.37. The summed E-state index contributed by atoms with van der Waals surface area (Å²) in [6.07, 6.45) is 2.60. The van der Waals surface area contributed by atoms with Gasteiger partial charge in [-0.3, -0.25) is 0 Å². The second kappa shape index (κ2) is 6.73. The first-order valence-electron chi connectivity index (χ1n) is 7.94. The molecule has 2 heteroatoms. The lowest BCUT2D eigenvalue weighted by Crippen LogP contribution is -2.31. The molecule has 0 aromatic heterocycles. The summed E-state index contributed by atoms with van der Waals surface area (Å²) in [4.78, 5) is 0. The van der Waals surface area contributed by atoms with Crippen molar-refractivity contribution in [3.63, 3.8) is 0 Å². The van der Waals surface area contributed by atoms with E-state index in [0.29, 0.717) is 11.3 Å². The van der Waals surface area contributed by atoms with Crippen LogP contribution in [0.2, 0.25) is 0 Å². The molecular weight excluding hydrogens is 246 g/mol. The van der Waals surface area contributed by atoms with Crippen LogP contribution in [0.5, 0.6) is 0 Å². The Morgan fingerprint density at radius 1 is 1.30 bits per heavy atom. The molecule has 1 aliphatic rings. The quantitative estimate of drug-likeness (QED) is 0.730. The summed E-state index contributed by atoms with van der Waals surface area (Å²) in [7, 11) is 1.76. The van der Waals surface area contributed by atoms with Crippen molar-refractivity contribution in [1.82, 2.24) is 5.32 Å². The van der Waals surface area contributed by atoms with E-state index in [4.69, 9.17) is 4.74 Å². The maximum absolute atomic E-state index is 5.12. The average Bonchev–Trinajstić information content (AvgIpc) is 3.19. The zero-order valence-electron chi connectivity index (χ0n) is 13.4. The van der Waals surface area contributed by atoms with Gasteiger partial charge in [-0.05, 0) is 29.4 Å². The molecule has 0 heterocycles. The molecule has 2 rings (SSSR count). The van der Waals surface area contributed by atoms with E-state index in [1.165, 1.54) is 24.0 Å². The summed E-state index contributed by atoms with van der Waals surface area (Å²) in [5.74, 6) is 1.45. The van der Waals surface area contributed by atoms with Gasteiger partial charge in [0.1, 0.15) is 0 Å². The van der Waals surface area contributed by atoms with Crippen molar-refractivity contribution >= 4 is 0 Å². The first kappa shape index (κ1) is 15.5. The van der Waals surface area contributed by atoms with Crippen LogP contribution in [-0.2, 0) is 10.2 Å². The van der Waals surface area contributed by atoms with E-state index < -0.39 is 0 Å². The van der Waals surface area contributed by atoms with Gasteiger partial charge in [-0.15, -0.1) is 0 Å². The van der Waals surface area contributed by atoms with Gasteiger partial charge in [0.2, 0.25) is 0 Å². The molecule has 0 saturated heterocycles. The van der Waals surface area contributed by atoms with Gasteiger partial charge in [-0.2, -0.15) is 0 Å². The molecule has 1 N–H and O–H groups in total. The topological polar surface area (TPSA) is 21.3 Å². The number of methoxy groups -OCH3 is 1. The maximum Gasteiger partial charge on any atom is 0.0587 e. The normalized spacial score (nSPS) is 25.1. The minimum absolute atomic E-state index is 0.373. The van der Waals surface area contributed by atoms with E-state index in [2.05, 4.69) is 50.4 Å². The first-order valence-corrected chi connectivity index (χ1v) is 7.94. The molecule has 0 aliphatic heterocycles. The third-order valence-electron chi connectivity index (χ3n) is 4.80. The van der Waals surface area contributed by atoms with Crippen LogP contribution in [0.25, 0.3) is 0 Å². The van der Waals surface area contributed by atoms with E-state index in [-0.39, 0.29) is 0 Å². The van der Waals surface area contributed by atoms with Crippen molar-refractivity contribution in [3.8, 4) is 0 Å². The maximum atomic E-state index is 5.12. The van der Waals surface area contributed by atoms with Gasteiger partial charge in [0.05, 0.1) is 6.61 Å². The summed E-state index contributed by atoms with van der Waals surface area (Å²) >= 11 is 0. The SMILES string of the molecule is CCC1CC1(CNCCOC)c1ccc(C(C)C)cc1. The lowest BCUT2D eigenvalue weighted by atomic mass is 9.90. The summed E-state index contributed by atoms with van der Waals surface area (Å²) < 4.78 is 5.12. The van der Waals surface area contributed by atoms with Gasteiger partial charge in [0.15, 0.2) is 0 Å². The van der Waals surface area contributed by atoms with E-state index in [1.54, 1.807) is 7.11 Å². The Hall–Kier alpha value is -0.860. The van der Waals surface area contributed by atoms with Crippen molar-refractivity contribution in [3.05, 3.63) is 35.4 Å². The zero-order chi connectivity index (χ0) is 14.6. The molecular formula is C18H29NO. The minimum atomic E-state index is 0.373. The second-order valence-corrected chi connectivity index (χ2v) is 6.41. The van der Waals surface area contributed by atoms with Crippen LogP contribution in [0, 0.1) is 5.92 Å². The number of benzene rings is 1. The first-order chi connectivity index (χ1) is 9.64. The Morgan fingerprint density at radius 3 is 2.50 bits per heavy atom. The number of hydrogen-bond acceptors (Lipinski definition) is 2. The molecule has 20 heavy (non-hydrogen) atoms. The van der Waals surface area contributed by atoms with Gasteiger partial charge in [0, 0.05) is 25.6 Å². The monoisotopic (exact) mass is 275 g/mol. The van der Waals surface area contributed by atoms with Gasteiger partial charge in [0.25, 0.3) is 0 Å². The molecule has 0 amide bonds. The van der Waals surface area contributed by atoms with Gasteiger partial charge in [-0.25, -0.2) is 0 Å². The van der Waals surface area contributed by atoms with E-state index in [9.17, 15) is 0 Å². The Bertz CT molecular complexity index is 412. The van der Waals surface area contributed by atoms with Crippen molar-refractivity contribution in [1.29, 1.82) is 0 Å². The van der Waals surface area contributed by atoms with Crippen LogP contribution >= 0.6 is 0 Å². The highest BCUT2D eigenvalue weighted by Crippen LogP contribution is 2.55. The smallest absolute Gasteiger partial charge is 0.0587 e. The molecule has 112 valence electrons. The summed E-state index contributed by atoms with van der Waals surface area (Å²) in [5, 5.41) is 3.56. The molecule has 2 atom stereocenters. The molecule has 2 nitrogen and oxygen atoms in total. The molecule has 1 fully saturated rings. The summed E-state index contributed by atoms with van der Waals surface area (Å²) in [6, 6.07) is 9.32. The predicted molar refractivity (Wildman–Crippen MR) is 85.4 cm³/mol. The van der Waals surface area contributed by atoms with Crippen molar-refractivity contribution in [2.24, 2.45) is 5.92 Å². The van der Waals surface area contributed by atoms with Crippen molar-refractivity contribution in [2.45, 2.75) is 44.9 Å². The van der Waals surface area contributed by atoms with E-state index in [0.717, 1.165) is 25.6 Å². The molecule has 2 unspecified atom stereocenters. The lowest BCUT2D eigenvalue weighted by Gasteiger charge is -2.20. The molecule has 0 spiro atoms. The number of rotatable bonds is 8. The molecule has 0 bridgehead atoms. The van der Waals surface area contributed by atoms with Crippen LogP contribution in [0.4, 0.5) is 0 Å². The van der Waals surface area contributed by atoms with E-state index >= 15 is 0 Å². The Morgan fingerprint density at radius 2 is 2.00 bits per heavy atom. The standard InChI is InChI=1S/C18H29NO/c1-5-16-12-18(16,13-19-10-11-20-4)17-8-6-15(7-9-17)14(2)3/h6-9,14,16,19H,5,10-13H2,1-4H3. The van der Waals surface area contributed by atoms with Crippen LogP contribution in [0.1, 0.15) is 50.7 Å². The van der Waals surface area contributed by atoms with Crippen LogP contribution < -0.4 is 5.32 Å². The summed E-state index contributed by atoms with van der Waals surface area (Å²) in [5.41, 5.74) is 3.32. The largest absolute Gasteiger partial charge is 0.383 e. The number of hydrogen-bond donors (Lipinski definition) is 1. The Balaban J connectivity index is 2.04. The van der Waals surface area contributed by atoms with Gasteiger partial charge < -0.3 is 10.1 Å². The predicted octanol–water partition coefficient (Wildman–Crippen LogP) is 3.71. The second-order valence-electron chi connectivity index (χ2n) is 6.41. The molecule has 1 aromatic carbocycles. The Kier molecular flexibility index (Phi) is 5.22. The van der Waals surface area contributed by atoms with Crippen molar-refractivity contribution in [2.75, 3.05) is 26.8 Å². The minimum Gasteiger partial charge on any atom is -0.383 e. The van der Waals surface area contributed by atoms with Crippen molar-refractivity contribution < 1.29 is 4.74 Å². The van der Waals surface area contributed by atoms with E-state index in [1.807, 2.05) is 0 Å². The van der Waals surface area contributed by atoms with Crippen LogP contribution in [0.3, 0.4) is 0 Å². The fourth-order valence-corrected chi connectivity index (χ4v) is 3.27. The lowest BCUT2D eigenvalue weighted by molar-refractivity contribution is 0.198. The molecule has 1 aliphatic carbocycles. The number of nitrogens with one attached hydrogen (secondary N) is 1. The number of ether oxygens (including phenoxy) is 1. The molecule has 1 saturated carbocycles. The highest BCUT2D eigenvalue weighted by Gasteiger charge is 2.53. The fourth-order valence-electron chi connectivity index (χ4n) is 3.27. The van der Waals surface area contributed by atoms with Gasteiger partial charge in [-0.1, -0.05) is 51.5 Å². The molecule has 0 radical (unpaired) electrons. The fraction of sp³-hybridized carbons (Fsp3) is 0.667. The average molecular weight is 275 g/mol. The third-order valence-corrected chi connectivity index (χ3v) is 4.80. The zero-order valence-corrected chi connectivity index (χ0v) is 13.4. The molecule has 1 aromatic rings. The Labute approximate surface area is 123 Å². The van der Waals surface area contributed by atoms with Crippen LogP contribution in [0.15, 0.2) is 24.3 Å². The third kappa shape index (κ3) is 3.24. The highest BCUT2D eigenvalue weighted by atomic mass is 16.5.